The molecule has 82 valence electrons. The molecule has 0 saturated heterocycles. The maximum atomic E-state index is 11.8. The Hall–Kier alpha value is -0.910. The summed E-state index contributed by atoms with van der Waals surface area (Å²) >= 11 is 0. The third-order valence-corrected chi connectivity index (χ3v) is 3.95. The van der Waals surface area contributed by atoms with E-state index in [0.717, 1.165) is 12.8 Å². The molecule has 1 aliphatic carbocycles. The van der Waals surface area contributed by atoms with Crippen LogP contribution in [0.2, 0.25) is 0 Å². The Balaban J connectivity index is 2.34. The van der Waals surface area contributed by atoms with E-state index in [1.165, 1.54) is 6.07 Å². The van der Waals surface area contributed by atoms with Gasteiger partial charge in [0.25, 0.3) is 0 Å². The number of rotatable bonds is 4. The van der Waals surface area contributed by atoms with Gasteiger partial charge in [-0.25, -0.2) is 13.1 Å². The van der Waals surface area contributed by atoms with Crippen LogP contribution >= 0.6 is 0 Å². The second kappa shape index (κ2) is 3.92. The number of aliphatic hydroxyl groups is 1. The first-order valence-corrected chi connectivity index (χ1v) is 6.33. The summed E-state index contributed by atoms with van der Waals surface area (Å²) in [5.74, 6) is 0. The number of nitrogens with one attached hydrogen (secondary N) is 1. The number of hydrogen-bond acceptors (Lipinski definition) is 3. The molecule has 4 nitrogen and oxygen atoms in total. The Morgan fingerprint density at radius 2 is 2.00 bits per heavy atom. The van der Waals surface area contributed by atoms with Crippen molar-refractivity contribution in [3.63, 3.8) is 0 Å². The van der Waals surface area contributed by atoms with Crippen LogP contribution in [0.25, 0.3) is 0 Å². The zero-order chi connectivity index (χ0) is 10.9. The summed E-state index contributed by atoms with van der Waals surface area (Å²) in [4.78, 5) is 0.180. The van der Waals surface area contributed by atoms with Gasteiger partial charge in [0.15, 0.2) is 0 Å². The fourth-order valence-electron chi connectivity index (χ4n) is 1.38. The molecule has 1 saturated carbocycles. The van der Waals surface area contributed by atoms with Crippen molar-refractivity contribution >= 4 is 10.0 Å². The van der Waals surface area contributed by atoms with Crippen LogP contribution in [0.5, 0.6) is 0 Å². The lowest BCUT2D eigenvalue weighted by atomic mass is 10.2. The first-order chi connectivity index (χ1) is 7.13. The molecular formula is C10H13NO3S. The summed E-state index contributed by atoms with van der Waals surface area (Å²) in [5.41, 5.74) is 0.436. The number of sulfonamides is 1. The lowest BCUT2D eigenvalue weighted by molar-refractivity contribution is 0.278. The SMILES string of the molecule is O=S(=O)(NC1CC1)c1ccccc1CO. The molecule has 0 amide bonds. The van der Waals surface area contributed by atoms with Gasteiger partial charge >= 0.3 is 0 Å². The summed E-state index contributed by atoms with van der Waals surface area (Å²) in [6.07, 6.45) is 1.81. The average molecular weight is 227 g/mol. The first-order valence-electron chi connectivity index (χ1n) is 4.84. The highest BCUT2D eigenvalue weighted by Crippen LogP contribution is 2.23. The Bertz CT molecular complexity index is 451. The minimum absolute atomic E-state index is 0.0850. The summed E-state index contributed by atoms with van der Waals surface area (Å²) in [6, 6.07) is 6.57. The molecule has 1 aliphatic rings. The minimum atomic E-state index is -3.45. The lowest BCUT2D eigenvalue weighted by Gasteiger charge is -2.08. The summed E-state index contributed by atoms with van der Waals surface area (Å²) in [6.45, 7) is -0.262. The van der Waals surface area contributed by atoms with E-state index in [1.54, 1.807) is 18.2 Å². The van der Waals surface area contributed by atoms with Crippen molar-refractivity contribution in [2.45, 2.75) is 30.4 Å². The third kappa shape index (κ3) is 2.37. The molecule has 1 fully saturated rings. The fraction of sp³-hybridized carbons (Fsp3) is 0.400. The molecule has 1 aromatic rings. The molecule has 0 aliphatic heterocycles. The van der Waals surface area contributed by atoms with Crippen LogP contribution in [0.4, 0.5) is 0 Å². The predicted octanol–water partition coefficient (Wildman–Crippen LogP) is 0.620. The molecule has 0 bridgehead atoms. The van der Waals surface area contributed by atoms with Gasteiger partial charge in [-0.2, -0.15) is 0 Å². The Morgan fingerprint density at radius 3 is 2.60 bits per heavy atom. The van der Waals surface area contributed by atoms with Crippen molar-refractivity contribution in [3.05, 3.63) is 29.8 Å². The third-order valence-electron chi connectivity index (χ3n) is 2.33. The van der Waals surface area contributed by atoms with Crippen molar-refractivity contribution in [2.24, 2.45) is 0 Å². The standard InChI is InChI=1S/C10H13NO3S/c12-7-8-3-1-2-4-10(8)15(13,14)11-9-5-6-9/h1-4,9,11-12H,5-7H2. The van der Waals surface area contributed by atoms with Crippen molar-refractivity contribution < 1.29 is 13.5 Å². The molecule has 2 N–H and O–H groups in total. The fourth-order valence-corrected chi connectivity index (χ4v) is 2.92. The minimum Gasteiger partial charge on any atom is -0.392 e. The monoisotopic (exact) mass is 227 g/mol. The van der Waals surface area contributed by atoms with E-state index in [2.05, 4.69) is 4.72 Å². The molecule has 1 aromatic carbocycles. The van der Waals surface area contributed by atoms with Gasteiger partial charge in [-0.15, -0.1) is 0 Å². The summed E-state index contributed by atoms with van der Waals surface area (Å²) in [7, 11) is -3.45. The maximum Gasteiger partial charge on any atom is 0.241 e. The summed E-state index contributed by atoms with van der Waals surface area (Å²) < 4.78 is 26.3. The van der Waals surface area contributed by atoms with Crippen LogP contribution in [0.3, 0.4) is 0 Å². The van der Waals surface area contributed by atoms with E-state index in [4.69, 9.17) is 5.11 Å². The van der Waals surface area contributed by atoms with Crippen LogP contribution in [0.15, 0.2) is 29.2 Å². The highest BCUT2D eigenvalue weighted by atomic mass is 32.2. The van der Waals surface area contributed by atoms with E-state index >= 15 is 0 Å². The van der Waals surface area contributed by atoms with Gasteiger partial charge in [0, 0.05) is 6.04 Å². The van der Waals surface area contributed by atoms with Gasteiger partial charge in [0.05, 0.1) is 11.5 Å². The van der Waals surface area contributed by atoms with Crippen molar-refractivity contribution in [2.75, 3.05) is 0 Å². The lowest BCUT2D eigenvalue weighted by Crippen LogP contribution is -2.26. The summed E-state index contributed by atoms with van der Waals surface area (Å²) in [5, 5.41) is 9.04. The van der Waals surface area contributed by atoms with Crippen LogP contribution in [0.1, 0.15) is 18.4 Å². The zero-order valence-electron chi connectivity index (χ0n) is 8.18. The number of aliphatic hydroxyl groups excluding tert-OH is 1. The van der Waals surface area contributed by atoms with E-state index in [9.17, 15) is 8.42 Å². The second-order valence-corrected chi connectivity index (χ2v) is 5.34. The van der Waals surface area contributed by atoms with Gasteiger partial charge in [-0.3, -0.25) is 0 Å². The molecule has 5 heteroatoms. The van der Waals surface area contributed by atoms with Crippen molar-refractivity contribution in [1.29, 1.82) is 0 Å². The smallest absolute Gasteiger partial charge is 0.241 e. The van der Waals surface area contributed by atoms with E-state index < -0.39 is 10.0 Å². The van der Waals surface area contributed by atoms with Crippen LogP contribution in [-0.4, -0.2) is 19.6 Å². The first kappa shape index (κ1) is 10.6. The Morgan fingerprint density at radius 1 is 1.33 bits per heavy atom. The van der Waals surface area contributed by atoms with Gasteiger partial charge in [0.2, 0.25) is 10.0 Å². The van der Waals surface area contributed by atoms with Gasteiger partial charge in [-0.1, -0.05) is 18.2 Å². The average Bonchev–Trinajstić information content (AvgIpc) is 3.01. The van der Waals surface area contributed by atoms with Gasteiger partial charge in [0.1, 0.15) is 0 Å². The molecule has 0 aromatic heterocycles. The largest absolute Gasteiger partial charge is 0.392 e. The molecule has 0 atom stereocenters. The van der Waals surface area contributed by atoms with Crippen LogP contribution in [0, 0.1) is 0 Å². The molecule has 0 radical (unpaired) electrons. The molecule has 2 rings (SSSR count). The number of benzene rings is 1. The molecule has 0 heterocycles. The Kier molecular flexibility index (Phi) is 2.77. The van der Waals surface area contributed by atoms with Crippen molar-refractivity contribution in [1.82, 2.24) is 4.72 Å². The highest BCUT2D eigenvalue weighted by Gasteiger charge is 2.28. The molecule has 0 spiro atoms. The van der Waals surface area contributed by atoms with Crippen LogP contribution in [-0.2, 0) is 16.6 Å². The highest BCUT2D eigenvalue weighted by molar-refractivity contribution is 7.89. The van der Waals surface area contributed by atoms with Crippen molar-refractivity contribution in [3.8, 4) is 0 Å². The second-order valence-electron chi connectivity index (χ2n) is 3.66. The Labute approximate surface area is 89.0 Å². The maximum absolute atomic E-state index is 11.8. The molecule has 15 heavy (non-hydrogen) atoms. The van der Waals surface area contributed by atoms with Gasteiger partial charge < -0.3 is 5.11 Å². The zero-order valence-corrected chi connectivity index (χ0v) is 9.00. The quantitative estimate of drug-likeness (QED) is 0.792. The molecule has 0 unspecified atom stereocenters. The van der Waals surface area contributed by atoms with Gasteiger partial charge in [-0.05, 0) is 24.5 Å². The predicted molar refractivity (Wildman–Crippen MR) is 55.7 cm³/mol. The van der Waals surface area contributed by atoms with E-state index in [-0.39, 0.29) is 17.5 Å². The number of hydrogen-bond donors (Lipinski definition) is 2. The molecular weight excluding hydrogens is 214 g/mol. The van der Waals surface area contributed by atoms with E-state index in [0.29, 0.717) is 5.56 Å². The topological polar surface area (TPSA) is 66.4 Å². The van der Waals surface area contributed by atoms with E-state index in [1.807, 2.05) is 0 Å². The van der Waals surface area contributed by atoms with Crippen LogP contribution < -0.4 is 4.72 Å². The normalized spacial score (nSPS) is 16.6.